The minimum absolute atomic E-state index is 0.177. The average Bonchev–Trinajstić information content (AvgIpc) is 2.98. The van der Waals surface area contributed by atoms with Crippen LogP contribution >= 0.6 is 47.8 Å². The second kappa shape index (κ2) is 15.1. The molecule has 226 valence electrons. The topological polar surface area (TPSA) is 124 Å². The molecule has 1 heterocycles. The molecule has 43 heavy (non-hydrogen) atoms. The van der Waals surface area contributed by atoms with Crippen LogP contribution in [0.4, 0.5) is 0 Å². The van der Waals surface area contributed by atoms with E-state index in [2.05, 4.69) is 47.8 Å². The summed E-state index contributed by atoms with van der Waals surface area (Å²) in [7, 11) is 1.30. The fourth-order valence-corrected chi connectivity index (χ4v) is 4.93. The molecule has 3 aromatic rings. The maximum atomic E-state index is 13.4. The van der Waals surface area contributed by atoms with Crippen LogP contribution in [0.15, 0.2) is 86.2 Å². The van der Waals surface area contributed by atoms with Crippen LogP contribution in [-0.2, 0) is 33.2 Å². The smallest absolute Gasteiger partial charge is 0.338 e. The van der Waals surface area contributed by atoms with Gasteiger partial charge in [-0.15, -0.1) is 0 Å². The molecular weight excluding hydrogens is 760 g/mol. The average molecular weight is 785 g/mol. The summed E-state index contributed by atoms with van der Waals surface area (Å²) in [6.45, 7) is 0.820. The zero-order valence-electron chi connectivity index (χ0n) is 22.7. The third-order valence-corrected chi connectivity index (χ3v) is 7.83. The number of rotatable bonds is 9. The van der Waals surface area contributed by atoms with Crippen molar-refractivity contribution in [2.24, 2.45) is 0 Å². The van der Waals surface area contributed by atoms with E-state index >= 15 is 0 Å². The van der Waals surface area contributed by atoms with Crippen LogP contribution in [0.2, 0.25) is 0 Å². The lowest BCUT2D eigenvalue weighted by molar-refractivity contribution is -0.292. The summed E-state index contributed by atoms with van der Waals surface area (Å²) < 4.78 is 36.4. The molecule has 0 aromatic heterocycles. The van der Waals surface area contributed by atoms with Crippen LogP contribution in [0, 0.1) is 0 Å². The molecule has 1 fully saturated rings. The van der Waals surface area contributed by atoms with Crippen molar-refractivity contribution < 1.29 is 47.6 Å². The van der Waals surface area contributed by atoms with Crippen LogP contribution in [0.1, 0.15) is 38.0 Å². The van der Waals surface area contributed by atoms with Gasteiger partial charge in [0.1, 0.15) is 12.7 Å². The van der Waals surface area contributed by atoms with Crippen molar-refractivity contribution in [2.75, 3.05) is 13.7 Å². The highest BCUT2D eigenvalue weighted by Crippen LogP contribution is 2.31. The molecule has 0 unspecified atom stereocenters. The van der Waals surface area contributed by atoms with E-state index in [4.69, 9.17) is 28.4 Å². The van der Waals surface area contributed by atoms with Gasteiger partial charge >= 0.3 is 23.9 Å². The van der Waals surface area contributed by atoms with Crippen molar-refractivity contribution in [1.82, 2.24) is 0 Å². The number of hydrogen-bond acceptors (Lipinski definition) is 10. The Labute approximate surface area is 272 Å². The van der Waals surface area contributed by atoms with Crippen LogP contribution in [0.25, 0.3) is 0 Å². The summed E-state index contributed by atoms with van der Waals surface area (Å²) >= 11 is 9.97. The van der Waals surface area contributed by atoms with Crippen molar-refractivity contribution >= 4 is 71.7 Å². The number of halogens is 3. The number of esters is 4. The first-order valence-electron chi connectivity index (χ1n) is 12.8. The van der Waals surface area contributed by atoms with E-state index in [0.29, 0.717) is 0 Å². The molecule has 3 aromatic carbocycles. The second-order valence-electron chi connectivity index (χ2n) is 9.21. The Morgan fingerprint density at radius 2 is 1.00 bits per heavy atom. The van der Waals surface area contributed by atoms with E-state index < -0.39 is 54.6 Å². The molecular formula is C30H25Br3O10. The molecule has 0 N–H and O–H groups in total. The maximum Gasteiger partial charge on any atom is 0.338 e. The predicted octanol–water partition coefficient (Wildman–Crippen LogP) is 5.89. The second-order valence-corrected chi connectivity index (χ2v) is 12.0. The normalized spacial score (nSPS) is 21.4. The van der Waals surface area contributed by atoms with Gasteiger partial charge in [-0.1, -0.05) is 47.8 Å². The van der Waals surface area contributed by atoms with E-state index in [0.717, 1.165) is 13.4 Å². The number of benzene rings is 3. The summed E-state index contributed by atoms with van der Waals surface area (Å²) in [5.74, 6) is -2.98. The van der Waals surface area contributed by atoms with Gasteiger partial charge in [0.05, 0.1) is 16.7 Å². The maximum absolute atomic E-state index is 13.4. The number of hydrogen-bond donors (Lipinski definition) is 0. The molecule has 1 saturated heterocycles. The lowest BCUT2D eigenvalue weighted by Crippen LogP contribution is -2.63. The Kier molecular flexibility index (Phi) is 11.5. The lowest BCUT2D eigenvalue weighted by Gasteiger charge is -2.43. The molecule has 1 aliphatic heterocycles. The fraction of sp³-hybridized carbons (Fsp3) is 0.267. The highest BCUT2D eigenvalue weighted by molar-refractivity contribution is 9.11. The molecule has 10 nitrogen and oxygen atoms in total. The minimum atomic E-state index is -1.45. The number of carbonyl (C=O) groups excluding carboxylic acids is 4. The van der Waals surface area contributed by atoms with E-state index in [1.54, 1.807) is 36.4 Å². The summed E-state index contributed by atoms with van der Waals surface area (Å²) in [5.41, 5.74) is 0.558. The quantitative estimate of drug-likeness (QED) is 0.192. The molecule has 0 bridgehead atoms. The van der Waals surface area contributed by atoms with Gasteiger partial charge in [-0.05, 0) is 72.8 Å². The van der Waals surface area contributed by atoms with Gasteiger partial charge in [0.2, 0.25) is 0 Å². The Morgan fingerprint density at radius 1 is 0.628 bits per heavy atom. The van der Waals surface area contributed by atoms with Crippen LogP contribution in [0.5, 0.6) is 0 Å². The van der Waals surface area contributed by atoms with Crippen LogP contribution in [0.3, 0.4) is 0 Å². The van der Waals surface area contributed by atoms with Gasteiger partial charge in [0.15, 0.2) is 24.6 Å². The van der Waals surface area contributed by atoms with Gasteiger partial charge in [-0.2, -0.15) is 0 Å². The summed E-state index contributed by atoms with van der Waals surface area (Å²) in [6, 6.07) is 19.1. The van der Waals surface area contributed by atoms with E-state index in [1.807, 2.05) is 0 Å². The zero-order valence-corrected chi connectivity index (χ0v) is 27.5. The first kappa shape index (κ1) is 32.8. The molecule has 5 atom stereocenters. The predicted molar refractivity (Wildman–Crippen MR) is 162 cm³/mol. The van der Waals surface area contributed by atoms with Crippen molar-refractivity contribution in [1.29, 1.82) is 0 Å². The Bertz CT molecular complexity index is 1440. The monoisotopic (exact) mass is 782 g/mol. The Morgan fingerprint density at radius 3 is 1.37 bits per heavy atom. The van der Waals surface area contributed by atoms with Crippen molar-refractivity contribution in [3.05, 3.63) is 103 Å². The first-order valence-corrected chi connectivity index (χ1v) is 15.1. The Hall–Kier alpha value is -3.10. The van der Waals surface area contributed by atoms with Gasteiger partial charge in [0, 0.05) is 27.5 Å². The van der Waals surface area contributed by atoms with Gasteiger partial charge in [0.25, 0.3) is 0 Å². The summed E-state index contributed by atoms with van der Waals surface area (Å²) in [5, 5.41) is 0. The SMILES string of the molecule is CO[C@H]1O[C@H](COC(C)=O)[C@@H](OC(=O)c2ccc(Br)cc2)[C@H](OC(=O)c2ccc(Br)cc2)[C@H]1OC(=O)c1ccc(Br)cc1. The van der Waals surface area contributed by atoms with Gasteiger partial charge in [-0.3, -0.25) is 4.79 Å². The van der Waals surface area contributed by atoms with Crippen molar-refractivity contribution in [2.45, 2.75) is 37.6 Å². The Balaban J connectivity index is 1.73. The van der Waals surface area contributed by atoms with Crippen LogP contribution in [-0.4, -0.2) is 68.3 Å². The number of ether oxygens (including phenoxy) is 6. The van der Waals surface area contributed by atoms with Crippen LogP contribution < -0.4 is 0 Å². The highest BCUT2D eigenvalue weighted by Gasteiger charge is 2.53. The first-order chi connectivity index (χ1) is 20.5. The highest BCUT2D eigenvalue weighted by atomic mass is 79.9. The molecule has 0 saturated carbocycles. The summed E-state index contributed by atoms with van der Waals surface area (Å²) in [4.78, 5) is 51.6. The van der Waals surface area contributed by atoms with E-state index in [1.165, 1.54) is 50.4 Å². The lowest BCUT2D eigenvalue weighted by atomic mass is 9.97. The largest absolute Gasteiger partial charge is 0.463 e. The van der Waals surface area contributed by atoms with Gasteiger partial charge < -0.3 is 28.4 Å². The van der Waals surface area contributed by atoms with Gasteiger partial charge in [-0.25, -0.2) is 14.4 Å². The van der Waals surface area contributed by atoms with E-state index in [9.17, 15) is 19.2 Å². The molecule has 4 rings (SSSR count). The number of methoxy groups -OCH3 is 1. The van der Waals surface area contributed by atoms with Crippen molar-refractivity contribution in [3.63, 3.8) is 0 Å². The number of carbonyl (C=O) groups is 4. The minimum Gasteiger partial charge on any atom is -0.463 e. The fourth-order valence-electron chi connectivity index (χ4n) is 4.14. The summed E-state index contributed by atoms with van der Waals surface area (Å²) in [6.07, 6.45) is -6.72. The van der Waals surface area contributed by atoms with E-state index in [-0.39, 0.29) is 23.3 Å². The third-order valence-electron chi connectivity index (χ3n) is 6.24. The standard InChI is InChI=1S/C30H25Br3O10/c1-16(34)39-15-23-24(41-27(35)17-3-9-20(31)10-4-17)25(42-28(36)18-5-11-21(32)12-6-18)26(30(38-2)40-23)43-29(37)19-7-13-22(33)14-8-19/h3-14,23-26,30H,15H2,1-2H3/t23-,24-,25+,26-,30+/m1/s1. The van der Waals surface area contributed by atoms with Crippen molar-refractivity contribution in [3.8, 4) is 0 Å². The molecule has 0 radical (unpaired) electrons. The molecule has 0 aliphatic carbocycles. The molecule has 13 heteroatoms. The third kappa shape index (κ3) is 8.73. The molecule has 1 aliphatic rings. The molecule has 0 spiro atoms. The zero-order chi connectivity index (χ0) is 31.1. The molecule has 0 amide bonds.